The van der Waals surface area contributed by atoms with Crippen LogP contribution in [0.3, 0.4) is 0 Å². The molecule has 3 aliphatic rings. The van der Waals surface area contributed by atoms with E-state index in [0.717, 1.165) is 45.3 Å². The number of para-hydroxylation sites is 4. The van der Waals surface area contributed by atoms with Gasteiger partial charge in [-0.3, -0.25) is 0 Å². The molecule has 6 aromatic rings. The Labute approximate surface area is 243 Å². The molecule has 0 radical (unpaired) electrons. The van der Waals surface area contributed by atoms with Crippen LogP contribution in [-0.2, 0) is 0 Å². The minimum Gasteiger partial charge on any atom is -0.458 e. The Morgan fingerprint density at radius 2 is 1.22 bits per heavy atom. The molecule has 0 atom stereocenters. The quantitative estimate of drug-likeness (QED) is 0.206. The molecule has 41 heavy (non-hydrogen) atoms. The molecule has 0 saturated heterocycles. The molecule has 9 rings (SSSR count). The van der Waals surface area contributed by atoms with E-state index in [1.54, 1.807) is 0 Å². The minimum absolute atomic E-state index is 0.0577. The molecule has 0 N–H and O–H groups in total. The van der Waals surface area contributed by atoms with Gasteiger partial charge >= 0.3 is 0 Å². The summed E-state index contributed by atoms with van der Waals surface area (Å²) < 4.78 is 13.2. The van der Waals surface area contributed by atoms with E-state index in [-0.39, 0.29) is 6.71 Å². The van der Waals surface area contributed by atoms with Gasteiger partial charge in [0.15, 0.2) is 0 Å². The first-order chi connectivity index (χ1) is 20.3. The molecule has 0 aromatic heterocycles. The molecule has 6 aromatic carbocycles. The monoisotopic (exact) mass is 543 g/mol. The zero-order valence-electron chi connectivity index (χ0n) is 22.0. The standard InChI is InChI=1S/C36H22BNO2S/c1-2-10-24(11-3-1)38-28-14-6-9-17-33(28)41-34-22-23(18-20-29(34)38)25-19-21-32-35-36(25)40-31-16-8-5-13-27(31)37(35)26-12-4-7-15-30(26)39-32/h1-22H. The second-order valence-corrected chi connectivity index (χ2v) is 11.6. The lowest BCUT2D eigenvalue weighted by atomic mass is 9.34. The van der Waals surface area contributed by atoms with Gasteiger partial charge in [-0.15, -0.1) is 0 Å². The van der Waals surface area contributed by atoms with E-state index in [2.05, 4.69) is 126 Å². The molecule has 0 unspecified atom stereocenters. The molecular weight excluding hydrogens is 521 g/mol. The Balaban J connectivity index is 1.22. The Morgan fingerprint density at radius 1 is 0.537 bits per heavy atom. The first kappa shape index (κ1) is 22.9. The first-order valence-corrected chi connectivity index (χ1v) is 14.6. The smallest absolute Gasteiger partial charge is 0.260 e. The summed E-state index contributed by atoms with van der Waals surface area (Å²) in [6.45, 7) is 0.0577. The van der Waals surface area contributed by atoms with Gasteiger partial charge in [0.25, 0.3) is 6.71 Å². The number of hydrogen-bond donors (Lipinski definition) is 0. The predicted octanol–water partition coefficient (Wildman–Crippen LogP) is 8.02. The highest BCUT2D eigenvalue weighted by Gasteiger charge is 2.41. The van der Waals surface area contributed by atoms with E-state index >= 15 is 0 Å². The number of ether oxygens (including phenoxy) is 2. The number of fused-ring (bicyclic) bond motifs is 6. The lowest BCUT2D eigenvalue weighted by molar-refractivity contribution is 0.465. The third-order valence-electron chi connectivity index (χ3n) is 8.19. The maximum absolute atomic E-state index is 6.72. The van der Waals surface area contributed by atoms with Gasteiger partial charge in [0.05, 0.1) is 11.4 Å². The maximum atomic E-state index is 6.72. The topological polar surface area (TPSA) is 21.7 Å². The fraction of sp³-hybridized carbons (Fsp3) is 0. The van der Waals surface area contributed by atoms with Crippen molar-refractivity contribution in [2.75, 3.05) is 4.90 Å². The van der Waals surface area contributed by atoms with Crippen molar-refractivity contribution in [2.45, 2.75) is 9.79 Å². The van der Waals surface area contributed by atoms with Gasteiger partial charge in [0.2, 0.25) is 0 Å². The van der Waals surface area contributed by atoms with E-state index in [1.165, 1.54) is 32.1 Å². The number of hydrogen-bond acceptors (Lipinski definition) is 4. The van der Waals surface area contributed by atoms with Crippen LogP contribution in [0.2, 0.25) is 0 Å². The Morgan fingerprint density at radius 3 is 2.05 bits per heavy atom. The highest BCUT2D eigenvalue weighted by Crippen LogP contribution is 2.52. The molecule has 0 fully saturated rings. The van der Waals surface area contributed by atoms with Gasteiger partial charge in [-0.05, 0) is 77.2 Å². The van der Waals surface area contributed by atoms with Gasteiger partial charge in [0.1, 0.15) is 23.0 Å². The molecular formula is C36H22BNO2S. The molecule has 0 spiro atoms. The predicted molar refractivity (Wildman–Crippen MR) is 168 cm³/mol. The van der Waals surface area contributed by atoms with Crippen molar-refractivity contribution in [2.24, 2.45) is 0 Å². The van der Waals surface area contributed by atoms with Crippen molar-refractivity contribution in [1.29, 1.82) is 0 Å². The van der Waals surface area contributed by atoms with Crippen LogP contribution in [0.1, 0.15) is 0 Å². The molecule has 0 aliphatic carbocycles. The highest BCUT2D eigenvalue weighted by atomic mass is 32.2. The molecule has 0 amide bonds. The summed E-state index contributed by atoms with van der Waals surface area (Å²) in [5.41, 5.74) is 9.16. The molecule has 5 heteroatoms. The lowest BCUT2D eigenvalue weighted by Gasteiger charge is -2.34. The Kier molecular flexibility index (Phi) is 4.93. The number of rotatable bonds is 2. The number of benzene rings is 6. The number of anilines is 3. The maximum Gasteiger partial charge on any atom is 0.260 e. The second-order valence-electron chi connectivity index (χ2n) is 10.5. The first-order valence-electron chi connectivity index (χ1n) is 13.8. The van der Waals surface area contributed by atoms with Crippen LogP contribution in [0, 0.1) is 0 Å². The van der Waals surface area contributed by atoms with Crippen LogP contribution < -0.4 is 30.8 Å². The molecule has 3 heterocycles. The van der Waals surface area contributed by atoms with Gasteiger partial charge in [-0.1, -0.05) is 84.6 Å². The summed E-state index contributed by atoms with van der Waals surface area (Å²) in [6, 6.07) is 47.0. The average Bonchev–Trinajstić information content (AvgIpc) is 3.03. The van der Waals surface area contributed by atoms with Crippen LogP contribution in [0.25, 0.3) is 11.1 Å². The number of nitrogens with zero attached hydrogens (tertiary/aromatic N) is 1. The summed E-state index contributed by atoms with van der Waals surface area (Å²) in [5, 5.41) is 0. The zero-order chi connectivity index (χ0) is 26.9. The molecule has 0 bridgehead atoms. The van der Waals surface area contributed by atoms with Crippen molar-refractivity contribution in [3.63, 3.8) is 0 Å². The second kappa shape index (κ2) is 8.82. The normalized spacial score (nSPS) is 13.6. The van der Waals surface area contributed by atoms with E-state index in [9.17, 15) is 0 Å². The van der Waals surface area contributed by atoms with Crippen molar-refractivity contribution in [3.8, 4) is 34.1 Å². The zero-order valence-corrected chi connectivity index (χ0v) is 22.8. The SMILES string of the molecule is c1ccc(N2c3ccccc3Sc3cc(-c4ccc5c6c4Oc4ccccc4B6c4ccccc4O5)ccc32)cc1. The summed E-state index contributed by atoms with van der Waals surface area (Å²) in [6.07, 6.45) is 0. The van der Waals surface area contributed by atoms with Crippen LogP contribution in [0.15, 0.2) is 143 Å². The van der Waals surface area contributed by atoms with E-state index < -0.39 is 0 Å². The lowest BCUT2D eigenvalue weighted by Crippen LogP contribution is -2.57. The summed E-state index contributed by atoms with van der Waals surface area (Å²) in [5.74, 6) is 3.54. The third kappa shape index (κ3) is 3.42. The Hall–Kier alpha value is -4.87. The van der Waals surface area contributed by atoms with Crippen LogP contribution in [0.5, 0.6) is 23.0 Å². The van der Waals surface area contributed by atoms with Crippen molar-refractivity contribution < 1.29 is 9.47 Å². The van der Waals surface area contributed by atoms with E-state index in [0.29, 0.717) is 0 Å². The van der Waals surface area contributed by atoms with Crippen LogP contribution in [-0.4, -0.2) is 6.71 Å². The summed E-state index contributed by atoms with van der Waals surface area (Å²) >= 11 is 1.82. The van der Waals surface area contributed by atoms with E-state index in [4.69, 9.17) is 9.47 Å². The highest BCUT2D eigenvalue weighted by molar-refractivity contribution is 7.99. The van der Waals surface area contributed by atoms with Gasteiger partial charge in [-0.2, -0.15) is 0 Å². The van der Waals surface area contributed by atoms with Gasteiger partial charge in [-0.25, -0.2) is 0 Å². The van der Waals surface area contributed by atoms with Gasteiger partial charge in [0, 0.05) is 26.5 Å². The fourth-order valence-corrected chi connectivity index (χ4v) is 7.49. The van der Waals surface area contributed by atoms with E-state index in [1.807, 2.05) is 23.9 Å². The van der Waals surface area contributed by atoms with Crippen molar-refractivity contribution in [3.05, 3.63) is 133 Å². The average molecular weight is 543 g/mol. The summed E-state index contributed by atoms with van der Waals surface area (Å²) in [7, 11) is 0. The molecule has 192 valence electrons. The molecule has 3 aliphatic heterocycles. The van der Waals surface area contributed by atoms with Crippen molar-refractivity contribution in [1.82, 2.24) is 0 Å². The van der Waals surface area contributed by atoms with Gasteiger partial charge < -0.3 is 14.4 Å². The fourth-order valence-electron chi connectivity index (χ4n) is 6.39. The van der Waals surface area contributed by atoms with Crippen LogP contribution >= 0.6 is 11.8 Å². The van der Waals surface area contributed by atoms with Crippen molar-refractivity contribution >= 4 is 51.9 Å². The molecule has 0 saturated carbocycles. The summed E-state index contributed by atoms with van der Waals surface area (Å²) in [4.78, 5) is 4.81. The minimum atomic E-state index is 0.0577. The third-order valence-corrected chi connectivity index (χ3v) is 9.30. The largest absolute Gasteiger partial charge is 0.458 e. The Bertz CT molecular complexity index is 2000. The molecule has 3 nitrogen and oxygen atoms in total. The van der Waals surface area contributed by atoms with Crippen LogP contribution in [0.4, 0.5) is 17.1 Å².